The fourth-order valence-electron chi connectivity index (χ4n) is 4.77. The molecular formula is C27H26NOP. The number of fused-ring (bicyclic) bond motifs is 1. The summed E-state index contributed by atoms with van der Waals surface area (Å²) < 4.78 is 15.1. The molecule has 1 saturated heterocycles. The van der Waals surface area contributed by atoms with Gasteiger partial charge in [0.2, 0.25) is 0 Å². The second-order valence-electron chi connectivity index (χ2n) is 8.12. The predicted molar refractivity (Wildman–Crippen MR) is 129 cm³/mol. The Labute approximate surface area is 178 Å². The fourth-order valence-corrected chi connectivity index (χ4v) is 7.64. The summed E-state index contributed by atoms with van der Waals surface area (Å²) in [5.41, 5.74) is 1.15. The molecule has 1 fully saturated rings. The van der Waals surface area contributed by atoms with Crippen LogP contribution >= 0.6 is 7.14 Å². The van der Waals surface area contributed by atoms with Crippen LogP contribution in [0.2, 0.25) is 0 Å². The van der Waals surface area contributed by atoms with Gasteiger partial charge < -0.3 is 9.46 Å². The van der Waals surface area contributed by atoms with Crippen LogP contribution in [0.25, 0.3) is 10.8 Å². The molecule has 5 rings (SSSR count). The first-order chi connectivity index (χ1) is 14.7. The highest BCUT2D eigenvalue weighted by Crippen LogP contribution is 2.47. The third-order valence-corrected chi connectivity index (χ3v) is 9.39. The lowest BCUT2D eigenvalue weighted by atomic mass is 10.1. The minimum atomic E-state index is -3.04. The molecule has 30 heavy (non-hydrogen) atoms. The van der Waals surface area contributed by atoms with E-state index in [1.54, 1.807) is 0 Å². The summed E-state index contributed by atoms with van der Waals surface area (Å²) in [6, 6.07) is 33.2. The average Bonchev–Trinajstić information content (AvgIpc) is 3.24. The van der Waals surface area contributed by atoms with Crippen molar-refractivity contribution in [2.24, 2.45) is 0 Å². The van der Waals surface area contributed by atoms with Crippen molar-refractivity contribution in [2.75, 3.05) is 11.4 Å². The minimum absolute atomic E-state index is 0.439. The van der Waals surface area contributed by atoms with E-state index in [0.717, 1.165) is 28.1 Å². The van der Waals surface area contributed by atoms with Crippen LogP contribution < -0.4 is 20.8 Å². The third-order valence-electron chi connectivity index (χ3n) is 6.30. The molecule has 0 spiro atoms. The average molecular weight is 411 g/mol. The van der Waals surface area contributed by atoms with E-state index in [1.807, 2.05) is 60.7 Å². The van der Waals surface area contributed by atoms with Gasteiger partial charge in [0.15, 0.2) is 7.14 Å². The molecule has 1 heterocycles. The Bertz CT molecular complexity index is 1180. The molecule has 1 aliphatic heterocycles. The zero-order chi connectivity index (χ0) is 20.6. The van der Waals surface area contributed by atoms with Crippen LogP contribution in [0, 0.1) is 0 Å². The molecule has 4 aromatic carbocycles. The van der Waals surface area contributed by atoms with Gasteiger partial charge in [-0.25, -0.2) is 0 Å². The first-order valence-electron chi connectivity index (χ1n) is 10.7. The first-order valence-corrected chi connectivity index (χ1v) is 12.4. The van der Waals surface area contributed by atoms with Gasteiger partial charge >= 0.3 is 0 Å². The Hall–Kier alpha value is -2.83. The highest BCUT2D eigenvalue weighted by Gasteiger charge is 2.35. The van der Waals surface area contributed by atoms with Gasteiger partial charge in [-0.05, 0) is 31.2 Å². The first kappa shape index (κ1) is 19.2. The molecule has 3 heteroatoms. The van der Waals surface area contributed by atoms with E-state index in [1.165, 1.54) is 23.6 Å². The van der Waals surface area contributed by atoms with Crippen molar-refractivity contribution >= 4 is 39.5 Å². The summed E-state index contributed by atoms with van der Waals surface area (Å²) in [6.45, 7) is 3.29. The Morgan fingerprint density at radius 2 is 1.37 bits per heavy atom. The summed E-state index contributed by atoms with van der Waals surface area (Å²) in [5, 5.41) is 5.12. The van der Waals surface area contributed by atoms with E-state index in [-0.39, 0.29) is 0 Å². The smallest absolute Gasteiger partial charge is 0.173 e. The van der Waals surface area contributed by atoms with Crippen LogP contribution in [0.3, 0.4) is 0 Å². The molecule has 0 unspecified atom stereocenters. The van der Waals surface area contributed by atoms with Crippen LogP contribution in [0.1, 0.15) is 19.8 Å². The lowest BCUT2D eigenvalue weighted by Gasteiger charge is -2.31. The zero-order valence-electron chi connectivity index (χ0n) is 17.2. The van der Waals surface area contributed by atoms with Crippen LogP contribution in [0.5, 0.6) is 0 Å². The van der Waals surface area contributed by atoms with E-state index in [0.29, 0.717) is 6.04 Å². The lowest BCUT2D eigenvalue weighted by molar-refractivity contribution is 0.592. The molecular weight excluding hydrogens is 385 g/mol. The second kappa shape index (κ2) is 7.78. The van der Waals surface area contributed by atoms with Gasteiger partial charge in [-0.2, -0.15) is 0 Å². The largest absolute Gasteiger partial charge is 0.368 e. The summed E-state index contributed by atoms with van der Waals surface area (Å²) in [4.78, 5) is 2.48. The lowest BCUT2D eigenvalue weighted by Crippen LogP contribution is -2.34. The highest BCUT2D eigenvalue weighted by molar-refractivity contribution is 7.85. The van der Waals surface area contributed by atoms with Crippen molar-refractivity contribution in [3.63, 3.8) is 0 Å². The quantitative estimate of drug-likeness (QED) is 0.415. The maximum atomic E-state index is 15.1. The topological polar surface area (TPSA) is 20.3 Å². The van der Waals surface area contributed by atoms with Gasteiger partial charge in [-0.3, -0.25) is 0 Å². The van der Waals surface area contributed by atoms with E-state index in [2.05, 4.69) is 48.2 Å². The Morgan fingerprint density at radius 1 is 0.767 bits per heavy atom. The van der Waals surface area contributed by atoms with E-state index in [9.17, 15) is 0 Å². The van der Waals surface area contributed by atoms with Gasteiger partial charge in [0.05, 0.1) is 5.69 Å². The molecule has 0 bridgehead atoms. The van der Waals surface area contributed by atoms with Gasteiger partial charge in [-0.15, -0.1) is 0 Å². The zero-order valence-corrected chi connectivity index (χ0v) is 18.1. The van der Waals surface area contributed by atoms with Gasteiger partial charge in [0.25, 0.3) is 0 Å². The van der Waals surface area contributed by atoms with Crippen LogP contribution in [-0.2, 0) is 4.57 Å². The molecule has 0 aliphatic carbocycles. The van der Waals surface area contributed by atoms with Gasteiger partial charge in [-0.1, -0.05) is 91.0 Å². The normalized spacial score (nSPS) is 16.8. The molecule has 4 aromatic rings. The maximum Gasteiger partial charge on any atom is 0.173 e. The monoisotopic (exact) mass is 411 g/mol. The highest BCUT2D eigenvalue weighted by atomic mass is 31.2. The van der Waals surface area contributed by atoms with Crippen molar-refractivity contribution in [2.45, 2.75) is 25.8 Å². The van der Waals surface area contributed by atoms with Crippen LogP contribution in [-0.4, -0.2) is 12.6 Å². The molecule has 0 N–H and O–H groups in total. The number of nitrogens with zero attached hydrogens (tertiary/aromatic N) is 1. The predicted octanol–water partition coefficient (Wildman–Crippen LogP) is 5.47. The molecule has 0 aromatic heterocycles. The van der Waals surface area contributed by atoms with E-state index in [4.69, 9.17) is 0 Å². The number of hydrogen-bond donors (Lipinski definition) is 0. The van der Waals surface area contributed by atoms with Crippen LogP contribution in [0.4, 0.5) is 5.69 Å². The van der Waals surface area contributed by atoms with E-state index >= 15 is 4.57 Å². The van der Waals surface area contributed by atoms with Crippen molar-refractivity contribution in [1.29, 1.82) is 0 Å². The van der Waals surface area contributed by atoms with Crippen LogP contribution in [0.15, 0.2) is 97.1 Å². The van der Waals surface area contributed by atoms with Crippen molar-refractivity contribution in [1.82, 2.24) is 0 Å². The minimum Gasteiger partial charge on any atom is -0.368 e. The second-order valence-corrected chi connectivity index (χ2v) is 10.9. The van der Waals surface area contributed by atoms with E-state index < -0.39 is 7.14 Å². The molecule has 0 saturated carbocycles. The number of anilines is 1. The van der Waals surface area contributed by atoms with Gasteiger partial charge in [0.1, 0.15) is 0 Å². The number of rotatable bonds is 4. The summed E-state index contributed by atoms with van der Waals surface area (Å²) in [5.74, 6) is 0. The summed E-state index contributed by atoms with van der Waals surface area (Å²) >= 11 is 0. The standard InChI is InChI=1S/C27H26NOP/c1-21-11-10-20-28(21)27-25-17-9-8-12-22(25)18-19-26(27)30(29,23-13-4-2-5-14-23)24-15-6-3-7-16-24/h2-9,12-19,21H,10-11,20H2,1H3/t21-/m0/s1. The summed E-state index contributed by atoms with van der Waals surface area (Å²) in [6.07, 6.45) is 2.34. The Balaban J connectivity index is 1.87. The van der Waals surface area contributed by atoms with Gasteiger partial charge in [0, 0.05) is 33.9 Å². The maximum absolute atomic E-state index is 15.1. The number of hydrogen-bond acceptors (Lipinski definition) is 2. The fraction of sp³-hybridized carbons (Fsp3) is 0.185. The molecule has 1 atom stereocenters. The molecule has 2 nitrogen and oxygen atoms in total. The summed E-state index contributed by atoms with van der Waals surface area (Å²) in [7, 11) is -3.04. The molecule has 0 amide bonds. The molecule has 1 aliphatic rings. The van der Waals surface area contributed by atoms with Crippen molar-refractivity contribution in [3.05, 3.63) is 97.1 Å². The molecule has 150 valence electrons. The SMILES string of the molecule is C[C@H]1CCCN1c1c(P(=O)(c2ccccc2)c2ccccc2)ccc2ccccc12. The Kier molecular flexibility index (Phi) is 4.97. The third kappa shape index (κ3) is 3.07. The Morgan fingerprint density at radius 3 is 1.97 bits per heavy atom. The van der Waals surface area contributed by atoms with Crippen molar-refractivity contribution in [3.8, 4) is 0 Å². The number of benzene rings is 4. The molecule has 0 radical (unpaired) electrons. The van der Waals surface area contributed by atoms with Crippen molar-refractivity contribution < 1.29 is 4.57 Å².